The number of para-hydroxylation sites is 1. The average Bonchev–Trinajstić information content (AvgIpc) is 2.65. The van der Waals surface area contributed by atoms with Crippen molar-refractivity contribution in [3.63, 3.8) is 0 Å². The molecule has 1 aromatic carbocycles. The van der Waals surface area contributed by atoms with E-state index in [9.17, 15) is 4.79 Å². The van der Waals surface area contributed by atoms with Crippen LogP contribution in [0.3, 0.4) is 0 Å². The van der Waals surface area contributed by atoms with Gasteiger partial charge in [-0.15, -0.1) is 0 Å². The first kappa shape index (κ1) is 17.3. The van der Waals surface area contributed by atoms with Crippen molar-refractivity contribution >= 4 is 22.7 Å². The van der Waals surface area contributed by atoms with Crippen LogP contribution in [0.5, 0.6) is 0 Å². The second kappa shape index (κ2) is 6.23. The summed E-state index contributed by atoms with van der Waals surface area (Å²) in [6.07, 6.45) is 2.19. The van der Waals surface area contributed by atoms with E-state index in [2.05, 4.69) is 18.8 Å². The lowest BCUT2D eigenvalue weighted by molar-refractivity contribution is -0.243. The zero-order chi connectivity index (χ0) is 18.5. The number of benzene rings is 1. The number of esters is 1. The number of hydrogen-bond acceptors (Lipinski definition) is 5. The van der Waals surface area contributed by atoms with Gasteiger partial charge in [-0.05, 0) is 25.0 Å². The topological polar surface area (TPSA) is 51.7 Å². The zero-order valence-electron chi connectivity index (χ0n) is 15.9. The van der Waals surface area contributed by atoms with Crippen molar-refractivity contribution in [2.75, 3.05) is 25.6 Å². The van der Waals surface area contributed by atoms with Gasteiger partial charge < -0.3 is 14.4 Å². The lowest BCUT2D eigenvalue weighted by atomic mass is 9.56. The van der Waals surface area contributed by atoms with Gasteiger partial charge in [0.1, 0.15) is 11.9 Å². The summed E-state index contributed by atoms with van der Waals surface area (Å²) in [7, 11) is 3.84. The molecule has 1 saturated heterocycles. The third-order valence-electron chi connectivity index (χ3n) is 5.84. The van der Waals surface area contributed by atoms with Gasteiger partial charge in [0.2, 0.25) is 0 Å². The Morgan fingerprint density at radius 2 is 2.08 bits per heavy atom. The molecule has 2 aromatic rings. The van der Waals surface area contributed by atoms with Crippen LogP contribution in [0.25, 0.3) is 10.9 Å². The Bertz CT molecular complexity index is 846. The van der Waals surface area contributed by atoms with Gasteiger partial charge in [-0.2, -0.15) is 0 Å². The molecule has 5 nitrogen and oxygen atoms in total. The number of hydrogen-bond donors (Lipinski definition) is 0. The number of rotatable bonds is 3. The Labute approximate surface area is 154 Å². The largest absolute Gasteiger partial charge is 0.458 e. The molecule has 0 amide bonds. The van der Waals surface area contributed by atoms with E-state index in [1.807, 2.05) is 49.3 Å². The number of nitrogens with zero attached hydrogens (tertiary/aromatic N) is 2. The lowest BCUT2D eigenvalue weighted by Crippen LogP contribution is -2.65. The maximum atomic E-state index is 13.1. The van der Waals surface area contributed by atoms with Crippen molar-refractivity contribution in [1.82, 2.24) is 4.98 Å². The van der Waals surface area contributed by atoms with E-state index in [-0.39, 0.29) is 23.6 Å². The van der Waals surface area contributed by atoms with Gasteiger partial charge in [-0.25, -0.2) is 9.78 Å². The number of carbonyl (C=O) groups excluding carboxylic acids is 1. The minimum Gasteiger partial charge on any atom is -0.458 e. The van der Waals surface area contributed by atoms with Crippen molar-refractivity contribution in [3.8, 4) is 0 Å². The molecule has 0 spiro atoms. The zero-order valence-corrected chi connectivity index (χ0v) is 15.9. The van der Waals surface area contributed by atoms with Gasteiger partial charge in [-0.3, -0.25) is 0 Å². The van der Waals surface area contributed by atoms with Gasteiger partial charge in [-0.1, -0.05) is 32.0 Å². The predicted octanol–water partition coefficient (Wildman–Crippen LogP) is 3.66. The first-order valence-corrected chi connectivity index (χ1v) is 9.29. The Kier molecular flexibility index (Phi) is 4.14. The van der Waals surface area contributed by atoms with Crippen LogP contribution in [0.4, 0.5) is 5.82 Å². The monoisotopic (exact) mass is 354 g/mol. The smallest absolute Gasteiger partial charge is 0.339 e. The highest BCUT2D eigenvalue weighted by Crippen LogP contribution is 2.53. The summed E-state index contributed by atoms with van der Waals surface area (Å²) < 4.78 is 12.0. The van der Waals surface area contributed by atoms with E-state index in [1.165, 1.54) is 0 Å². The molecule has 138 valence electrons. The summed E-state index contributed by atoms with van der Waals surface area (Å²) in [4.78, 5) is 19.6. The molecule has 1 aromatic heterocycles. The van der Waals surface area contributed by atoms with Crippen LogP contribution < -0.4 is 4.90 Å². The SMILES string of the molecule is CN(C)c1cc(C(=O)O[C@@H]2[C@@H]3CCCO[C@@H]3C2(C)C)c2ccccc2n1. The van der Waals surface area contributed by atoms with E-state index in [4.69, 9.17) is 9.47 Å². The Hall–Kier alpha value is -2.14. The first-order chi connectivity index (χ1) is 12.4. The highest BCUT2D eigenvalue weighted by molar-refractivity contribution is 6.04. The van der Waals surface area contributed by atoms with Crippen LogP contribution in [-0.2, 0) is 9.47 Å². The van der Waals surface area contributed by atoms with Crippen LogP contribution in [0.15, 0.2) is 30.3 Å². The summed E-state index contributed by atoms with van der Waals surface area (Å²) in [5.41, 5.74) is 1.24. The second-order valence-electron chi connectivity index (χ2n) is 8.18. The molecule has 1 aliphatic heterocycles. The summed E-state index contributed by atoms with van der Waals surface area (Å²) in [6, 6.07) is 9.54. The fraction of sp³-hybridized carbons (Fsp3) is 0.524. The maximum Gasteiger partial charge on any atom is 0.339 e. The summed E-state index contributed by atoms with van der Waals surface area (Å²) in [5, 5.41) is 0.830. The van der Waals surface area contributed by atoms with E-state index < -0.39 is 0 Å². The Morgan fingerprint density at radius 3 is 2.85 bits per heavy atom. The Balaban J connectivity index is 1.66. The normalized spacial score (nSPS) is 26.7. The number of carbonyl (C=O) groups is 1. The highest BCUT2D eigenvalue weighted by atomic mass is 16.6. The van der Waals surface area contributed by atoms with Crippen molar-refractivity contribution in [1.29, 1.82) is 0 Å². The fourth-order valence-electron chi connectivity index (χ4n) is 4.45. The number of aromatic nitrogens is 1. The van der Waals surface area contributed by atoms with Crippen molar-refractivity contribution in [3.05, 3.63) is 35.9 Å². The van der Waals surface area contributed by atoms with Crippen LogP contribution in [0, 0.1) is 11.3 Å². The van der Waals surface area contributed by atoms with Crippen LogP contribution in [0.2, 0.25) is 0 Å². The fourth-order valence-corrected chi connectivity index (χ4v) is 4.45. The molecule has 0 bridgehead atoms. The van der Waals surface area contributed by atoms with Crippen molar-refractivity contribution in [2.24, 2.45) is 11.3 Å². The number of ether oxygens (including phenoxy) is 2. The number of pyridine rings is 1. The van der Waals surface area contributed by atoms with Gasteiger partial charge in [0.05, 0.1) is 17.2 Å². The number of fused-ring (bicyclic) bond motifs is 2. The van der Waals surface area contributed by atoms with Crippen molar-refractivity contribution in [2.45, 2.75) is 38.9 Å². The quantitative estimate of drug-likeness (QED) is 0.788. The first-order valence-electron chi connectivity index (χ1n) is 9.29. The van der Waals surface area contributed by atoms with Crippen LogP contribution >= 0.6 is 0 Å². The molecule has 2 heterocycles. The second-order valence-corrected chi connectivity index (χ2v) is 8.18. The van der Waals surface area contributed by atoms with Gasteiger partial charge >= 0.3 is 5.97 Å². The molecule has 0 radical (unpaired) electrons. The van der Waals surface area contributed by atoms with E-state index >= 15 is 0 Å². The third-order valence-corrected chi connectivity index (χ3v) is 5.84. The predicted molar refractivity (Wildman–Crippen MR) is 102 cm³/mol. The van der Waals surface area contributed by atoms with E-state index in [0.717, 1.165) is 36.2 Å². The average molecular weight is 354 g/mol. The van der Waals surface area contributed by atoms with E-state index in [0.29, 0.717) is 11.5 Å². The molecular weight excluding hydrogens is 328 g/mol. The molecule has 2 aliphatic rings. The summed E-state index contributed by atoms with van der Waals surface area (Å²) in [5.74, 6) is 0.792. The van der Waals surface area contributed by atoms with E-state index in [1.54, 1.807) is 0 Å². The lowest BCUT2D eigenvalue weighted by Gasteiger charge is -2.58. The molecule has 2 fully saturated rings. The molecule has 1 aliphatic carbocycles. The standard InChI is InChI=1S/C21H26N2O3/c1-21(2)18-14(9-7-11-25-18)19(21)26-20(24)15-12-17(23(3)4)22-16-10-6-5-8-13(15)16/h5-6,8,10,12,14,18-19H,7,9,11H2,1-4H3/t14-,18+,19-/m1/s1. The molecule has 26 heavy (non-hydrogen) atoms. The summed E-state index contributed by atoms with van der Waals surface area (Å²) >= 11 is 0. The molecule has 5 heteroatoms. The molecule has 3 atom stereocenters. The third kappa shape index (κ3) is 2.65. The highest BCUT2D eigenvalue weighted by Gasteiger charge is 2.60. The molecule has 1 saturated carbocycles. The summed E-state index contributed by atoms with van der Waals surface area (Å²) in [6.45, 7) is 5.08. The molecule has 0 N–H and O–H groups in total. The van der Waals surface area contributed by atoms with Gasteiger partial charge in [0.15, 0.2) is 0 Å². The van der Waals surface area contributed by atoms with Crippen molar-refractivity contribution < 1.29 is 14.3 Å². The van der Waals surface area contributed by atoms with Crippen LogP contribution in [-0.4, -0.2) is 43.9 Å². The Morgan fingerprint density at radius 1 is 1.31 bits per heavy atom. The molecular formula is C21H26N2O3. The van der Waals surface area contributed by atoms with Crippen LogP contribution in [0.1, 0.15) is 37.0 Å². The maximum absolute atomic E-state index is 13.1. The minimum absolute atomic E-state index is 0.102. The van der Waals surface area contributed by atoms with Gasteiger partial charge in [0.25, 0.3) is 0 Å². The molecule has 4 rings (SSSR count). The number of anilines is 1. The minimum atomic E-state index is -0.270. The molecule has 0 unspecified atom stereocenters. The van der Waals surface area contributed by atoms with Gasteiger partial charge in [0, 0.05) is 37.4 Å².